The summed E-state index contributed by atoms with van der Waals surface area (Å²) < 4.78 is 0. The van der Waals surface area contributed by atoms with Gasteiger partial charge in [0.25, 0.3) is 5.91 Å². The van der Waals surface area contributed by atoms with Crippen LogP contribution in [0.2, 0.25) is 10.0 Å². The topological polar surface area (TPSA) is 49.4 Å². The van der Waals surface area contributed by atoms with E-state index in [2.05, 4.69) is 5.32 Å². The maximum atomic E-state index is 12.9. The van der Waals surface area contributed by atoms with E-state index in [4.69, 9.17) is 23.2 Å². The summed E-state index contributed by atoms with van der Waals surface area (Å²) in [4.78, 5) is 26.6. The fraction of sp³-hybridized carbons (Fsp3) is 0.529. The minimum atomic E-state index is -1.13. The molecule has 124 valence electrons. The number of imide groups is 1. The molecule has 23 heavy (non-hydrogen) atoms. The van der Waals surface area contributed by atoms with Gasteiger partial charge in [-0.1, -0.05) is 48.5 Å². The molecule has 0 radical (unpaired) electrons. The van der Waals surface area contributed by atoms with Gasteiger partial charge >= 0.3 is 6.03 Å². The first-order valence-corrected chi connectivity index (χ1v) is 8.77. The van der Waals surface area contributed by atoms with E-state index in [1.54, 1.807) is 25.1 Å². The van der Waals surface area contributed by atoms with Crippen LogP contribution in [0.25, 0.3) is 0 Å². The monoisotopic (exact) mass is 354 g/mol. The van der Waals surface area contributed by atoms with Crippen molar-refractivity contribution in [2.45, 2.75) is 44.6 Å². The van der Waals surface area contributed by atoms with Gasteiger partial charge in [-0.2, -0.15) is 0 Å². The van der Waals surface area contributed by atoms with Crippen LogP contribution in [0.3, 0.4) is 0 Å². The van der Waals surface area contributed by atoms with Crippen molar-refractivity contribution in [1.29, 1.82) is 0 Å². The van der Waals surface area contributed by atoms with Crippen molar-refractivity contribution in [3.8, 4) is 0 Å². The molecule has 0 aromatic heterocycles. The summed E-state index contributed by atoms with van der Waals surface area (Å²) >= 11 is 12.2. The second-order valence-electron chi connectivity index (χ2n) is 6.60. The number of hydrogen-bond acceptors (Lipinski definition) is 2. The summed E-state index contributed by atoms with van der Waals surface area (Å²) in [6.07, 6.45) is 5.75. The number of urea groups is 1. The summed E-state index contributed by atoms with van der Waals surface area (Å²) in [5.41, 5.74) is -0.555. The van der Waals surface area contributed by atoms with Gasteiger partial charge < -0.3 is 5.32 Å². The average molecular weight is 355 g/mol. The smallest absolute Gasteiger partial charge is 0.319 e. The molecule has 6 heteroatoms. The molecule has 1 saturated carbocycles. The van der Waals surface area contributed by atoms with Gasteiger partial charge in [-0.25, -0.2) is 4.79 Å². The molecular formula is C17H20Cl2N2O2. The second kappa shape index (κ2) is 6.33. The van der Waals surface area contributed by atoms with E-state index in [0.29, 0.717) is 28.1 Å². The summed E-state index contributed by atoms with van der Waals surface area (Å²) in [5, 5.41) is 3.69. The number of carbonyl (C=O) groups is 2. The van der Waals surface area contributed by atoms with Crippen molar-refractivity contribution in [2.24, 2.45) is 5.92 Å². The molecule has 0 bridgehead atoms. The Labute approximate surface area is 146 Å². The quantitative estimate of drug-likeness (QED) is 0.820. The Hall–Kier alpha value is -1.26. The van der Waals surface area contributed by atoms with Crippen LogP contribution in [0.15, 0.2) is 18.2 Å². The molecule has 1 heterocycles. The SMILES string of the molecule is C[C@]1(c2ccc(Cl)cc2Cl)NC(=O)N(CC2CCCCC2)C1=O. The summed E-state index contributed by atoms with van der Waals surface area (Å²) in [5.74, 6) is 0.166. The normalized spacial score (nSPS) is 25.8. The van der Waals surface area contributed by atoms with Gasteiger partial charge in [-0.3, -0.25) is 9.69 Å². The van der Waals surface area contributed by atoms with E-state index in [9.17, 15) is 9.59 Å². The Morgan fingerprint density at radius 2 is 1.91 bits per heavy atom. The van der Waals surface area contributed by atoms with E-state index in [1.165, 1.54) is 24.2 Å². The predicted octanol–water partition coefficient (Wildman–Crippen LogP) is 4.34. The van der Waals surface area contributed by atoms with Gasteiger partial charge in [-0.05, 0) is 37.8 Å². The van der Waals surface area contributed by atoms with Gasteiger partial charge in [0, 0.05) is 22.2 Å². The Morgan fingerprint density at radius 1 is 1.22 bits per heavy atom. The lowest BCUT2D eigenvalue weighted by molar-refractivity contribution is -0.131. The second-order valence-corrected chi connectivity index (χ2v) is 7.44. The van der Waals surface area contributed by atoms with Crippen molar-refractivity contribution >= 4 is 35.1 Å². The molecule has 1 aromatic carbocycles. The highest BCUT2D eigenvalue weighted by Gasteiger charge is 2.50. The van der Waals surface area contributed by atoms with Gasteiger partial charge in [0.05, 0.1) is 0 Å². The lowest BCUT2D eigenvalue weighted by Crippen LogP contribution is -2.41. The summed E-state index contributed by atoms with van der Waals surface area (Å²) in [7, 11) is 0. The molecule has 0 spiro atoms. The molecule has 3 amide bonds. The Morgan fingerprint density at radius 3 is 2.57 bits per heavy atom. The van der Waals surface area contributed by atoms with Gasteiger partial charge in [0.15, 0.2) is 0 Å². The maximum Gasteiger partial charge on any atom is 0.325 e. The predicted molar refractivity (Wildman–Crippen MR) is 90.6 cm³/mol. The first kappa shape index (κ1) is 16.6. The van der Waals surface area contributed by atoms with Crippen molar-refractivity contribution < 1.29 is 9.59 Å². The van der Waals surface area contributed by atoms with E-state index < -0.39 is 5.54 Å². The maximum absolute atomic E-state index is 12.9. The highest BCUT2D eigenvalue weighted by Crippen LogP contribution is 2.36. The number of amides is 3. The number of nitrogens with one attached hydrogen (secondary N) is 1. The molecule has 1 atom stereocenters. The molecule has 1 aromatic rings. The molecule has 2 fully saturated rings. The number of nitrogens with zero attached hydrogens (tertiary/aromatic N) is 1. The number of benzene rings is 1. The highest BCUT2D eigenvalue weighted by molar-refractivity contribution is 6.35. The first-order valence-electron chi connectivity index (χ1n) is 8.01. The van der Waals surface area contributed by atoms with E-state index >= 15 is 0 Å². The number of halogens is 2. The number of carbonyl (C=O) groups excluding carboxylic acids is 2. The van der Waals surface area contributed by atoms with Crippen LogP contribution < -0.4 is 5.32 Å². The van der Waals surface area contributed by atoms with Crippen LogP contribution in [0.5, 0.6) is 0 Å². The van der Waals surface area contributed by atoms with Crippen molar-refractivity contribution in [3.05, 3.63) is 33.8 Å². The van der Waals surface area contributed by atoms with Crippen LogP contribution in [0, 0.1) is 5.92 Å². The third-order valence-electron chi connectivity index (χ3n) is 4.91. The molecule has 3 rings (SSSR count). The molecule has 0 unspecified atom stereocenters. The number of rotatable bonds is 3. The van der Waals surface area contributed by atoms with Crippen molar-refractivity contribution in [1.82, 2.24) is 10.2 Å². The van der Waals surface area contributed by atoms with E-state index in [0.717, 1.165) is 12.8 Å². The molecule has 4 nitrogen and oxygen atoms in total. The fourth-order valence-corrected chi connectivity index (χ4v) is 4.17. The molecule has 1 saturated heterocycles. The standard InChI is InChI=1S/C17H20Cl2N2O2/c1-17(13-8-7-12(18)9-14(13)19)15(22)21(16(23)20-17)10-11-5-3-2-4-6-11/h7-9,11H,2-6,10H2,1H3,(H,20,23)/t17-/m1/s1. The lowest BCUT2D eigenvalue weighted by atomic mass is 9.88. The van der Waals surface area contributed by atoms with E-state index in [-0.39, 0.29) is 11.9 Å². The van der Waals surface area contributed by atoms with Gasteiger partial charge in [0.2, 0.25) is 0 Å². The summed E-state index contributed by atoms with van der Waals surface area (Å²) in [6, 6.07) is 4.63. The number of hydrogen-bond donors (Lipinski definition) is 1. The van der Waals surface area contributed by atoms with Crippen LogP contribution in [-0.2, 0) is 10.3 Å². The molecular weight excluding hydrogens is 335 g/mol. The Bertz CT molecular complexity index is 643. The molecule has 2 aliphatic rings. The Balaban J connectivity index is 1.84. The minimum absolute atomic E-state index is 0.239. The largest absolute Gasteiger partial charge is 0.325 e. The van der Waals surface area contributed by atoms with Crippen molar-refractivity contribution in [2.75, 3.05) is 6.54 Å². The van der Waals surface area contributed by atoms with Crippen LogP contribution in [-0.4, -0.2) is 23.4 Å². The summed E-state index contributed by atoms with van der Waals surface area (Å²) in [6.45, 7) is 2.19. The zero-order valence-electron chi connectivity index (χ0n) is 13.1. The molecule has 1 aliphatic carbocycles. The average Bonchev–Trinajstić information content (AvgIpc) is 2.72. The third kappa shape index (κ3) is 3.07. The van der Waals surface area contributed by atoms with Crippen LogP contribution >= 0.6 is 23.2 Å². The lowest BCUT2D eigenvalue weighted by Gasteiger charge is -2.27. The van der Waals surface area contributed by atoms with E-state index in [1.807, 2.05) is 0 Å². The Kier molecular flexibility index (Phi) is 4.56. The third-order valence-corrected chi connectivity index (χ3v) is 5.46. The van der Waals surface area contributed by atoms with Gasteiger partial charge in [-0.15, -0.1) is 0 Å². The van der Waals surface area contributed by atoms with Crippen LogP contribution in [0.4, 0.5) is 4.79 Å². The molecule has 1 N–H and O–H groups in total. The zero-order chi connectivity index (χ0) is 16.6. The minimum Gasteiger partial charge on any atom is -0.319 e. The fourth-order valence-electron chi connectivity index (χ4n) is 3.57. The first-order chi connectivity index (χ1) is 10.9. The van der Waals surface area contributed by atoms with Gasteiger partial charge in [0.1, 0.15) is 5.54 Å². The zero-order valence-corrected chi connectivity index (χ0v) is 14.6. The van der Waals surface area contributed by atoms with Crippen LogP contribution in [0.1, 0.15) is 44.6 Å². The molecule has 1 aliphatic heterocycles. The van der Waals surface area contributed by atoms with Crippen molar-refractivity contribution in [3.63, 3.8) is 0 Å². The highest BCUT2D eigenvalue weighted by atomic mass is 35.5.